The summed E-state index contributed by atoms with van der Waals surface area (Å²) >= 11 is 0. The van der Waals surface area contributed by atoms with Gasteiger partial charge < -0.3 is 9.13 Å². The average Bonchev–Trinajstić information content (AvgIpc) is 3.68. The summed E-state index contributed by atoms with van der Waals surface area (Å²) in [6, 6.07) is 58.9. The molecule has 4 nitrogen and oxygen atoms in total. The van der Waals surface area contributed by atoms with Crippen LogP contribution in [0.25, 0.3) is 77.2 Å². The normalized spacial score (nSPS) is 11.3. The van der Waals surface area contributed by atoms with Crippen molar-refractivity contribution in [3.8, 4) is 45.8 Å². The molecule has 0 N–H and O–H groups in total. The molecule has 0 amide bonds. The predicted molar refractivity (Wildman–Crippen MR) is 195 cm³/mol. The van der Waals surface area contributed by atoms with E-state index in [-0.39, 0.29) is 0 Å². The molecule has 2 aromatic heterocycles. The second-order valence-corrected chi connectivity index (χ2v) is 11.9. The summed E-state index contributed by atoms with van der Waals surface area (Å²) < 4.78 is 4.55. The second kappa shape index (κ2) is 10.9. The van der Waals surface area contributed by atoms with E-state index in [1.54, 1.807) is 0 Å². The molecule has 0 fully saturated rings. The van der Waals surface area contributed by atoms with E-state index in [2.05, 4.69) is 130 Å². The standard InChI is InChI=1S/C44H26N4/c45-27-30-13-10-20-33(29-12-9-15-32(26-29)47-38-21-5-1-16-34(38)35-17-2-6-22-39(35)47)43(30)36-18-3-7-23-40(36)48-41-24-8-4-19-37(41)44-31(28-46)14-11-25-42(44)48/h1-26H. The Morgan fingerprint density at radius 2 is 0.958 bits per heavy atom. The molecule has 0 atom stereocenters. The van der Waals surface area contributed by atoms with E-state index in [0.29, 0.717) is 11.1 Å². The van der Waals surface area contributed by atoms with Gasteiger partial charge >= 0.3 is 0 Å². The molecule has 4 heteroatoms. The van der Waals surface area contributed by atoms with Crippen molar-refractivity contribution in [2.24, 2.45) is 0 Å². The van der Waals surface area contributed by atoms with Crippen LogP contribution in [0.1, 0.15) is 11.1 Å². The van der Waals surface area contributed by atoms with Gasteiger partial charge in [0, 0.05) is 38.4 Å². The lowest BCUT2D eigenvalue weighted by molar-refractivity contribution is 1.18. The first-order valence-corrected chi connectivity index (χ1v) is 15.9. The number of hydrogen-bond acceptors (Lipinski definition) is 2. The number of nitrogens with zero attached hydrogens (tertiary/aromatic N) is 4. The Morgan fingerprint density at radius 1 is 0.417 bits per heavy atom. The summed E-state index contributed by atoms with van der Waals surface area (Å²) in [5, 5.41) is 25.0. The highest BCUT2D eigenvalue weighted by Gasteiger charge is 2.21. The SMILES string of the molecule is N#Cc1cccc(-c2cccc(-n3c4ccccc4c4ccccc43)c2)c1-c1ccccc1-n1c2ccccc2c2c(C#N)cccc21. The smallest absolute Gasteiger partial charge is 0.0998 e. The molecule has 0 aliphatic rings. The quantitative estimate of drug-likeness (QED) is 0.199. The number of benzene rings is 7. The van der Waals surface area contributed by atoms with Gasteiger partial charge in [0.1, 0.15) is 0 Å². The van der Waals surface area contributed by atoms with E-state index in [1.165, 1.54) is 10.8 Å². The molecule has 7 aromatic carbocycles. The van der Waals surface area contributed by atoms with Crippen LogP contribution in [0.5, 0.6) is 0 Å². The Labute approximate surface area is 277 Å². The largest absolute Gasteiger partial charge is 0.309 e. The molecule has 48 heavy (non-hydrogen) atoms. The molecule has 0 bridgehead atoms. The van der Waals surface area contributed by atoms with Crippen LogP contribution >= 0.6 is 0 Å². The fourth-order valence-electron chi connectivity index (χ4n) is 7.44. The van der Waals surface area contributed by atoms with E-state index in [0.717, 1.165) is 66.5 Å². The highest BCUT2D eigenvalue weighted by Crippen LogP contribution is 2.42. The van der Waals surface area contributed by atoms with Crippen LogP contribution in [0.4, 0.5) is 0 Å². The third-order valence-electron chi connectivity index (χ3n) is 9.41. The van der Waals surface area contributed by atoms with Gasteiger partial charge in [0.05, 0.1) is 51.0 Å². The van der Waals surface area contributed by atoms with E-state index < -0.39 is 0 Å². The molecule has 0 saturated heterocycles. The molecule has 0 spiro atoms. The third-order valence-corrected chi connectivity index (χ3v) is 9.41. The lowest BCUT2D eigenvalue weighted by atomic mass is 9.89. The fourth-order valence-corrected chi connectivity index (χ4v) is 7.44. The molecule has 0 saturated carbocycles. The van der Waals surface area contributed by atoms with Crippen LogP contribution in [-0.2, 0) is 0 Å². The van der Waals surface area contributed by atoms with Gasteiger partial charge in [0.2, 0.25) is 0 Å². The van der Waals surface area contributed by atoms with Crippen molar-refractivity contribution >= 4 is 43.6 Å². The van der Waals surface area contributed by atoms with Crippen molar-refractivity contribution < 1.29 is 0 Å². The van der Waals surface area contributed by atoms with Crippen LogP contribution in [0.2, 0.25) is 0 Å². The van der Waals surface area contributed by atoms with Crippen LogP contribution < -0.4 is 0 Å². The minimum atomic E-state index is 0.598. The molecule has 2 heterocycles. The maximum absolute atomic E-state index is 10.5. The van der Waals surface area contributed by atoms with Crippen molar-refractivity contribution in [3.05, 3.63) is 169 Å². The minimum Gasteiger partial charge on any atom is -0.309 e. The van der Waals surface area contributed by atoms with Gasteiger partial charge in [-0.2, -0.15) is 10.5 Å². The summed E-state index contributed by atoms with van der Waals surface area (Å²) in [4.78, 5) is 0. The monoisotopic (exact) mass is 610 g/mol. The summed E-state index contributed by atoms with van der Waals surface area (Å²) in [5.74, 6) is 0. The zero-order chi connectivity index (χ0) is 32.2. The molecular weight excluding hydrogens is 585 g/mol. The maximum Gasteiger partial charge on any atom is 0.0998 e. The lowest BCUT2D eigenvalue weighted by Crippen LogP contribution is -2.00. The number of fused-ring (bicyclic) bond motifs is 6. The van der Waals surface area contributed by atoms with Gasteiger partial charge in [-0.05, 0) is 65.7 Å². The molecule has 0 radical (unpaired) electrons. The van der Waals surface area contributed by atoms with Gasteiger partial charge in [-0.3, -0.25) is 0 Å². The first-order chi connectivity index (χ1) is 23.8. The highest BCUT2D eigenvalue weighted by atomic mass is 15.0. The number of hydrogen-bond donors (Lipinski definition) is 0. The van der Waals surface area contributed by atoms with Gasteiger partial charge in [-0.1, -0.05) is 103 Å². The number of aromatic nitrogens is 2. The van der Waals surface area contributed by atoms with Crippen LogP contribution in [-0.4, -0.2) is 9.13 Å². The third kappa shape index (κ3) is 4.01. The minimum absolute atomic E-state index is 0.598. The lowest BCUT2D eigenvalue weighted by Gasteiger charge is -2.18. The first-order valence-electron chi connectivity index (χ1n) is 15.9. The fraction of sp³-hybridized carbons (Fsp3) is 0. The predicted octanol–water partition coefficient (Wildman–Crippen LogP) is 11.0. The van der Waals surface area contributed by atoms with E-state index in [9.17, 15) is 10.5 Å². The highest BCUT2D eigenvalue weighted by molar-refractivity contribution is 6.12. The number of para-hydroxylation sites is 4. The zero-order valence-corrected chi connectivity index (χ0v) is 25.8. The van der Waals surface area contributed by atoms with Crippen LogP contribution in [0.3, 0.4) is 0 Å². The molecule has 9 aromatic rings. The molecule has 0 unspecified atom stereocenters. The Balaban J connectivity index is 1.31. The van der Waals surface area contributed by atoms with Gasteiger partial charge in [-0.25, -0.2) is 0 Å². The van der Waals surface area contributed by atoms with Crippen LogP contribution in [0, 0.1) is 22.7 Å². The summed E-state index contributed by atoms with van der Waals surface area (Å²) in [5.41, 5.74) is 11.3. The van der Waals surface area contributed by atoms with Gasteiger partial charge in [0.25, 0.3) is 0 Å². The van der Waals surface area contributed by atoms with Gasteiger partial charge in [0.15, 0.2) is 0 Å². The van der Waals surface area contributed by atoms with E-state index >= 15 is 0 Å². The van der Waals surface area contributed by atoms with Crippen molar-refractivity contribution in [2.75, 3.05) is 0 Å². The Morgan fingerprint density at radius 3 is 1.69 bits per heavy atom. The maximum atomic E-state index is 10.5. The molecule has 222 valence electrons. The van der Waals surface area contributed by atoms with Crippen molar-refractivity contribution in [1.82, 2.24) is 9.13 Å². The van der Waals surface area contributed by atoms with Crippen molar-refractivity contribution in [3.63, 3.8) is 0 Å². The number of rotatable bonds is 4. The first kappa shape index (κ1) is 27.4. The van der Waals surface area contributed by atoms with Crippen molar-refractivity contribution in [1.29, 1.82) is 10.5 Å². The average molecular weight is 611 g/mol. The zero-order valence-electron chi connectivity index (χ0n) is 25.8. The summed E-state index contributed by atoms with van der Waals surface area (Å²) in [6.07, 6.45) is 0. The van der Waals surface area contributed by atoms with Gasteiger partial charge in [-0.15, -0.1) is 0 Å². The number of nitriles is 2. The Hall–Kier alpha value is -6.88. The molecule has 9 rings (SSSR count). The molecule has 0 aliphatic heterocycles. The summed E-state index contributed by atoms with van der Waals surface area (Å²) in [7, 11) is 0. The van der Waals surface area contributed by atoms with Crippen molar-refractivity contribution in [2.45, 2.75) is 0 Å². The van der Waals surface area contributed by atoms with E-state index in [1.807, 2.05) is 48.5 Å². The molecular formula is C44H26N4. The Kier molecular flexibility index (Phi) is 6.22. The summed E-state index contributed by atoms with van der Waals surface area (Å²) in [6.45, 7) is 0. The van der Waals surface area contributed by atoms with Crippen LogP contribution in [0.15, 0.2) is 158 Å². The second-order valence-electron chi connectivity index (χ2n) is 11.9. The molecule has 0 aliphatic carbocycles. The van der Waals surface area contributed by atoms with E-state index in [4.69, 9.17) is 0 Å². The topological polar surface area (TPSA) is 57.4 Å². The Bertz CT molecular complexity index is 2760.